The van der Waals surface area contributed by atoms with Crippen molar-refractivity contribution in [3.8, 4) is 5.69 Å². The van der Waals surface area contributed by atoms with Crippen molar-refractivity contribution in [2.45, 2.75) is 25.8 Å². The first kappa shape index (κ1) is 14.1. The number of aryl methyl sites for hydroxylation is 1. The Kier molecular flexibility index (Phi) is 4.27. The molecule has 0 spiro atoms. The maximum absolute atomic E-state index is 4.65. The van der Waals surface area contributed by atoms with E-state index in [9.17, 15) is 0 Å². The summed E-state index contributed by atoms with van der Waals surface area (Å²) in [5, 5.41) is 4.65. The van der Waals surface area contributed by atoms with Gasteiger partial charge >= 0.3 is 0 Å². The van der Waals surface area contributed by atoms with Crippen molar-refractivity contribution in [2.24, 2.45) is 0 Å². The van der Waals surface area contributed by atoms with Gasteiger partial charge in [-0.3, -0.25) is 4.90 Å². The van der Waals surface area contributed by atoms with Crippen LogP contribution in [0.25, 0.3) is 5.69 Å². The molecule has 1 fully saturated rings. The lowest BCUT2D eigenvalue weighted by Crippen LogP contribution is -2.20. The lowest BCUT2D eigenvalue weighted by Gasteiger charge is -2.20. The molecule has 3 nitrogen and oxygen atoms in total. The van der Waals surface area contributed by atoms with Crippen LogP contribution in [0.4, 0.5) is 0 Å². The molecule has 1 aliphatic heterocycles. The molecule has 1 aromatic heterocycles. The second kappa shape index (κ2) is 5.76. The van der Waals surface area contributed by atoms with Crippen LogP contribution in [0.3, 0.4) is 0 Å². The third-order valence-corrected chi connectivity index (χ3v) is 3.72. The van der Waals surface area contributed by atoms with E-state index in [2.05, 4.69) is 59.0 Å². The van der Waals surface area contributed by atoms with Gasteiger partial charge in [-0.25, -0.2) is 4.68 Å². The molecule has 0 unspecified atom stereocenters. The summed E-state index contributed by atoms with van der Waals surface area (Å²) in [6, 6.07) is 13.1. The molecule has 3 rings (SSSR count). The van der Waals surface area contributed by atoms with Crippen LogP contribution in [0.1, 0.15) is 30.3 Å². The summed E-state index contributed by atoms with van der Waals surface area (Å²) in [5.74, 6) is 0. The normalized spacial score (nSPS) is 19.4. The zero-order valence-electron chi connectivity index (χ0n) is 11.4. The quantitative estimate of drug-likeness (QED) is 0.839. The van der Waals surface area contributed by atoms with Gasteiger partial charge < -0.3 is 0 Å². The Labute approximate surface area is 120 Å². The number of nitrogens with zero attached hydrogens (tertiary/aromatic N) is 3. The molecule has 0 radical (unpaired) electrons. The van der Waals surface area contributed by atoms with Crippen molar-refractivity contribution in [2.75, 3.05) is 13.6 Å². The first-order chi connectivity index (χ1) is 8.75. The second-order valence-electron chi connectivity index (χ2n) is 5.10. The summed E-state index contributed by atoms with van der Waals surface area (Å²) in [6.45, 7) is 3.25. The topological polar surface area (TPSA) is 21.1 Å². The summed E-state index contributed by atoms with van der Waals surface area (Å²) in [6.07, 6.45) is 2.51. The van der Waals surface area contributed by atoms with Gasteiger partial charge in [0.15, 0.2) is 0 Å². The molecule has 19 heavy (non-hydrogen) atoms. The monoisotopic (exact) mass is 277 g/mol. The van der Waals surface area contributed by atoms with Crippen molar-refractivity contribution < 1.29 is 0 Å². The Bertz CT molecular complexity index is 536. The third kappa shape index (κ3) is 2.67. The molecule has 0 saturated carbocycles. The first-order valence-corrected chi connectivity index (χ1v) is 6.58. The number of rotatable bonds is 2. The fourth-order valence-electron chi connectivity index (χ4n) is 2.82. The van der Waals surface area contributed by atoms with E-state index in [1.165, 1.54) is 25.1 Å². The van der Waals surface area contributed by atoms with E-state index in [1.54, 1.807) is 0 Å². The fraction of sp³-hybridized carbons (Fsp3) is 0.400. The molecule has 2 heterocycles. The lowest BCUT2D eigenvalue weighted by atomic mass is 10.1. The molecule has 1 aromatic carbocycles. The number of aromatic nitrogens is 2. The van der Waals surface area contributed by atoms with Crippen LogP contribution < -0.4 is 0 Å². The Balaban J connectivity index is 0.00000133. The van der Waals surface area contributed by atoms with Crippen molar-refractivity contribution in [1.82, 2.24) is 14.7 Å². The second-order valence-corrected chi connectivity index (χ2v) is 5.10. The average molecular weight is 278 g/mol. The molecular formula is C15H20ClN3. The summed E-state index contributed by atoms with van der Waals surface area (Å²) in [5.41, 5.74) is 3.56. The van der Waals surface area contributed by atoms with Crippen molar-refractivity contribution in [3.05, 3.63) is 47.8 Å². The molecule has 1 aliphatic rings. The molecular weight excluding hydrogens is 258 g/mol. The van der Waals surface area contributed by atoms with Crippen LogP contribution in [0.5, 0.6) is 0 Å². The van der Waals surface area contributed by atoms with Crippen molar-refractivity contribution in [1.29, 1.82) is 0 Å². The highest BCUT2D eigenvalue weighted by Gasteiger charge is 2.26. The molecule has 1 saturated heterocycles. The van der Waals surface area contributed by atoms with Crippen molar-refractivity contribution >= 4 is 12.4 Å². The average Bonchev–Trinajstić information content (AvgIpc) is 2.96. The van der Waals surface area contributed by atoms with Gasteiger partial charge in [0.1, 0.15) is 0 Å². The zero-order valence-corrected chi connectivity index (χ0v) is 12.2. The molecule has 0 aliphatic carbocycles. The summed E-state index contributed by atoms with van der Waals surface area (Å²) in [4.78, 5) is 2.43. The molecule has 0 N–H and O–H groups in total. The van der Waals surface area contributed by atoms with Crippen LogP contribution in [0.2, 0.25) is 0 Å². The molecule has 102 valence electrons. The molecule has 0 amide bonds. The minimum Gasteiger partial charge on any atom is -0.298 e. The fourth-order valence-corrected chi connectivity index (χ4v) is 2.82. The van der Waals surface area contributed by atoms with E-state index in [0.717, 1.165) is 11.4 Å². The van der Waals surface area contributed by atoms with Gasteiger partial charge in [-0.1, -0.05) is 18.2 Å². The van der Waals surface area contributed by atoms with E-state index in [4.69, 9.17) is 0 Å². The smallest absolute Gasteiger partial charge is 0.0649 e. The van der Waals surface area contributed by atoms with Gasteiger partial charge in [-0.15, -0.1) is 12.4 Å². The largest absolute Gasteiger partial charge is 0.298 e. The number of hydrogen-bond donors (Lipinski definition) is 0. The van der Waals surface area contributed by atoms with Crippen LogP contribution in [0.15, 0.2) is 36.4 Å². The van der Waals surface area contributed by atoms with Crippen LogP contribution >= 0.6 is 12.4 Å². The Morgan fingerprint density at radius 2 is 1.95 bits per heavy atom. The predicted octanol–water partition coefficient (Wildman–Crippen LogP) is 3.37. The van der Waals surface area contributed by atoms with E-state index in [1.807, 2.05) is 6.07 Å². The number of benzene rings is 1. The van der Waals surface area contributed by atoms with E-state index >= 15 is 0 Å². The standard InChI is InChI=1S/C15H19N3.ClH/c1-12-11-15(14-9-6-10-17(14)2)18(16-12)13-7-4-3-5-8-13;/h3-5,7-8,11,14H,6,9-10H2,1-2H3;1H/t14-;/m0./s1. The van der Waals surface area contributed by atoms with Gasteiger partial charge in [0, 0.05) is 0 Å². The van der Waals surface area contributed by atoms with Gasteiger partial charge in [0.2, 0.25) is 0 Å². The molecule has 0 bridgehead atoms. The Hall–Kier alpha value is -1.32. The van der Waals surface area contributed by atoms with E-state index in [-0.39, 0.29) is 12.4 Å². The van der Waals surface area contributed by atoms with Crippen LogP contribution in [0, 0.1) is 6.92 Å². The predicted molar refractivity (Wildman–Crippen MR) is 80.2 cm³/mol. The number of halogens is 1. The summed E-state index contributed by atoms with van der Waals surface area (Å²) in [7, 11) is 2.20. The SMILES string of the molecule is Cc1cc([C@@H]2CCCN2C)n(-c2ccccc2)n1.Cl. The highest BCUT2D eigenvalue weighted by atomic mass is 35.5. The minimum atomic E-state index is 0. The van der Waals surface area contributed by atoms with Gasteiger partial charge in [-0.2, -0.15) is 5.10 Å². The van der Waals surface area contributed by atoms with E-state index in [0.29, 0.717) is 6.04 Å². The highest BCUT2D eigenvalue weighted by molar-refractivity contribution is 5.85. The maximum Gasteiger partial charge on any atom is 0.0649 e. The van der Waals surface area contributed by atoms with Gasteiger partial charge in [0.05, 0.1) is 23.1 Å². The number of likely N-dealkylation sites (tertiary alicyclic amines) is 1. The zero-order chi connectivity index (χ0) is 12.5. The first-order valence-electron chi connectivity index (χ1n) is 6.58. The number of para-hydroxylation sites is 1. The molecule has 4 heteroatoms. The van der Waals surface area contributed by atoms with Gasteiger partial charge in [-0.05, 0) is 51.6 Å². The highest BCUT2D eigenvalue weighted by Crippen LogP contribution is 2.31. The minimum absolute atomic E-state index is 0. The van der Waals surface area contributed by atoms with Crippen LogP contribution in [-0.2, 0) is 0 Å². The lowest BCUT2D eigenvalue weighted by molar-refractivity contribution is 0.307. The Morgan fingerprint density at radius 3 is 2.58 bits per heavy atom. The maximum atomic E-state index is 4.65. The molecule has 2 aromatic rings. The van der Waals surface area contributed by atoms with Gasteiger partial charge in [0.25, 0.3) is 0 Å². The van der Waals surface area contributed by atoms with E-state index < -0.39 is 0 Å². The molecule has 1 atom stereocenters. The third-order valence-electron chi connectivity index (χ3n) is 3.72. The number of hydrogen-bond acceptors (Lipinski definition) is 2. The summed E-state index contributed by atoms with van der Waals surface area (Å²) >= 11 is 0. The summed E-state index contributed by atoms with van der Waals surface area (Å²) < 4.78 is 2.10. The Morgan fingerprint density at radius 1 is 1.21 bits per heavy atom. The van der Waals surface area contributed by atoms with Crippen LogP contribution in [-0.4, -0.2) is 28.3 Å². The van der Waals surface area contributed by atoms with Crippen molar-refractivity contribution in [3.63, 3.8) is 0 Å².